The lowest BCUT2D eigenvalue weighted by molar-refractivity contribution is -0.121. The molecule has 4 nitrogen and oxygen atoms in total. The summed E-state index contributed by atoms with van der Waals surface area (Å²) in [6.07, 6.45) is 0.564. The summed E-state index contributed by atoms with van der Waals surface area (Å²) in [5.74, 6) is 0.135. The lowest BCUT2D eigenvalue weighted by Crippen LogP contribution is -2.50. The van der Waals surface area contributed by atoms with Gasteiger partial charge in [-0.15, -0.1) is 11.3 Å². The minimum atomic E-state index is 0.135. The summed E-state index contributed by atoms with van der Waals surface area (Å²) in [6, 6.07) is 2.37. The normalized spacial score (nSPS) is 20.9. The molecule has 2 N–H and O–H groups in total. The molecule has 1 amide bonds. The van der Waals surface area contributed by atoms with E-state index in [4.69, 9.17) is 0 Å². The van der Waals surface area contributed by atoms with E-state index in [0.717, 1.165) is 19.6 Å². The van der Waals surface area contributed by atoms with Crippen molar-refractivity contribution < 1.29 is 4.79 Å². The van der Waals surface area contributed by atoms with Crippen LogP contribution in [0.1, 0.15) is 16.9 Å². The number of hydrogen-bond donors (Lipinski definition) is 2. The van der Waals surface area contributed by atoms with Crippen molar-refractivity contribution in [3.05, 3.63) is 21.9 Å². The Hall–Kier alpha value is -0.910. The van der Waals surface area contributed by atoms with Gasteiger partial charge in [-0.3, -0.25) is 4.79 Å². The van der Waals surface area contributed by atoms with Gasteiger partial charge in [0, 0.05) is 37.0 Å². The molecule has 0 aromatic carbocycles. The molecule has 0 radical (unpaired) electrons. The third-order valence-corrected chi connectivity index (χ3v) is 4.33. The summed E-state index contributed by atoms with van der Waals surface area (Å²) < 4.78 is 0. The minimum Gasteiger partial charge on any atom is -0.351 e. The fraction of sp³-hybridized carbons (Fsp3) is 0.615. The van der Waals surface area contributed by atoms with Gasteiger partial charge in [-0.2, -0.15) is 0 Å². The van der Waals surface area contributed by atoms with Crippen LogP contribution in [0, 0.1) is 6.92 Å². The van der Waals surface area contributed by atoms with Crippen molar-refractivity contribution >= 4 is 17.2 Å². The number of amides is 1. The molecule has 0 aliphatic carbocycles. The number of piperazine rings is 1. The highest BCUT2D eigenvalue weighted by Gasteiger charge is 2.19. The third-order valence-electron chi connectivity index (χ3n) is 3.30. The van der Waals surface area contributed by atoms with Gasteiger partial charge in [0.05, 0.1) is 6.54 Å². The summed E-state index contributed by atoms with van der Waals surface area (Å²) >= 11 is 1.70. The van der Waals surface area contributed by atoms with E-state index < -0.39 is 0 Å². The van der Waals surface area contributed by atoms with E-state index >= 15 is 0 Å². The first-order chi connectivity index (χ1) is 8.65. The maximum atomic E-state index is 11.9. The van der Waals surface area contributed by atoms with Crippen molar-refractivity contribution in [2.75, 3.05) is 26.7 Å². The van der Waals surface area contributed by atoms with Crippen molar-refractivity contribution in [3.63, 3.8) is 0 Å². The molecule has 1 aromatic rings. The minimum absolute atomic E-state index is 0.135. The zero-order valence-electron chi connectivity index (χ0n) is 11.0. The summed E-state index contributed by atoms with van der Waals surface area (Å²) in [4.78, 5) is 15.4. The average Bonchev–Trinajstić information content (AvgIpc) is 2.72. The van der Waals surface area contributed by atoms with Crippen LogP contribution in [0.4, 0.5) is 0 Å². The number of hydrogen-bond acceptors (Lipinski definition) is 4. The lowest BCUT2D eigenvalue weighted by atomic mass is 10.1. The van der Waals surface area contributed by atoms with Crippen molar-refractivity contribution in [2.24, 2.45) is 0 Å². The highest BCUT2D eigenvalue weighted by atomic mass is 32.1. The monoisotopic (exact) mass is 267 g/mol. The molecule has 2 heterocycles. The van der Waals surface area contributed by atoms with Crippen molar-refractivity contribution in [1.82, 2.24) is 15.5 Å². The number of nitrogens with one attached hydrogen (secondary N) is 2. The van der Waals surface area contributed by atoms with Crippen LogP contribution in [-0.2, 0) is 11.3 Å². The van der Waals surface area contributed by atoms with Crippen LogP contribution >= 0.6 is 11.3 Å². The quantitative estimate of drug-likeness (QED) is 0.854. The predicted molar refractivity (Wildman–Crippen MR) is 74.8 cm³/mol. The standard InChI is InChI=1S/C13H21N3OS/c1-10-3-6-18-12(10)8-15-13(17)7-11-9-16(2)5-4-14-11/h3,6,11,14H,4-5,7-9H2,1-2H3,(H,15,17). The van der Waals surface area contributed by atoms with Crippen LogP contribution in [0.25, 0.3) is 0 Å². The average molecular weight is 267 g/mol. The van der Waals surface area contributed by atoms with Gasteiger partial charge in [0.2, 0.25) is 5.91 Å². The van der Waals surface area contributed by atoms with Gasteiger partial charge in [0.15, 0.2) is 0 Å². The van der Waals surface area contributed by atoms with E-state index in [1.54, 1.807) is 11.3 Å². The highest BCUT2D eigenvalue weighted by Crippen LogP contribution is 2.14. The van der Waals surface area contributed by atoms with E-state index in [-0.39, 0.29) is 11.9 Å². The maximum Gasteiger partial charge on any atom is 0.221 e. The number of aryl methyl sites for hydroxylation is 1. The smallest absolute Gasteiger partial charge is 0.221 e. The molecule has 1 aliphatic heterocycles. The molecule has 2 rings (SSSR count). The zero-order valence-corrected chi connectivity index (χ0v) is 11.8. The maximum absolute atomic E-state index is 11.9. The number of carbonyl (C=O) groups excluding carboxylic acids is 1. The van der Waals surface area contributed by atoms with Crippen LogP contribution < -0.4 is 10.6 Å². The molecule has 5 heteroatoms. The van der Waals surface area contributed by atoms with Gasteiger partial charge in [0.25, 0.3) is 0 Å². The van der Waals surface area contributed by atoms with Crippen molar-refractivity contribution in [1.29, 1.82) is 0 Å². The van der Waals surface area contributed by atoms with Crippen LogP contribution in [0.5, 0.6) is 0 Å². The lowest BCUT2D eigenvalue weighted by Gasteiger charge is -2.30. The van der Waals surface area contributed by atoms with E-state index in [1.165, 1.54) is 10.4 Å². The molecule has 1 aliphatic rings. The van der Waals surface area contributed by atoms with Crippen LogP contribution in [0.3, 0.4) is 0 Å². The highest BCUT2D eigenvalue weighted by molar-refractivity contribution is 7.10. The molecule has 100 valence electrons. The van der Waals surface area contributed by atoms with E-state index in [1.807, 2.05) is 0 Å². The van der Waals surface area contributed by atoms with Gasteiger partial charge < -0.3 is 15.5 Å². The second-order valence-electron chi connectivity index (χ2n) is 4.92. The van der Waals surface area contributed by atoms with Crippen molar-refractivity contribution in [2.45, 2.75) is 25.9 Å². The largest absolute Gasteiger partial charge is 0.351 e. The first-order valence-corrected chi connectivity index (χ1v) is 7.24. The Labute approximate surface area is 112 Å². The molecule has 18 heavy (non-hydrogen) atoms. The van der Waals surface area contributed by atoms with E-state index in [2.05, 4.69) is 41.0 Å². The molecule has 1 unspecified atom stereocenters. The SMILES string of the molecule is Cc1ccsc1CNC(=O)CC1CN(C)CCN1. The second-order valence-corrected chi connectivity index (χ2v) is 5.92. The van der Waals surface area contributed by atoms with Gasteiger partial charge in [-0.1, -0.05) is 0 Å². The predicted octanol–water partition coefficient (Wildman–Crippen LogP) is 0.966. The molecule has 1 saturated heterocycles. The summed E-state index contributed by atoms with van der Waals surface area (Å²) in [5, 5.41) is 8.45. The fourth-order valence-corrected chi connectivity index (χ4v) is 3.03. The summed E-state index contributed by atoms with van der Waals surface area (Å²) in [5.41, 5.74) is 1.26. The first-order valence-electron chi connectivity index (χ1n) is 6.37. The number of thiophene rings is 1. The molecule has 1 atom stereocenters. The Bertz CT molecular complexity index is 405. The second kappa shape index (κ2) is 6.31. The molecule has 0 bridgehead atoms. The molecular formula is C13H21N3OS. The van der Waals surface area contributed by atoms with Crippen LogP contribution in [0.15, 0.2) is 11.4 Å². The first kappa shape index (κ1) is 13.5. The van der Waals surface area contributed by atoms with E-state index in [0.29, 0.717) is 13.0 Å². The number of nitrogens with zero attached hydrogens (tertiary/aromatic N) is 1. The third kappa shape index (κ3) is 3.80. The number of rotatable bonds is 4. The van der Waals surface area contributed by atoms with Crippen LogP contribution in [0.2, 0.25) is 0 Å². The molecule has 1 aromatic heterocycles. The van der Waals surface area contributed by atoms with Crippen LogP contribution in [-0.4, -0.2) is 43.5 Å². The van der Waals surface area contributed by atoms with Gasteiger partial charge in [-0.05, 0) is 31.0 Å². The van der Waals surface area contributed by atoms with Gasteiger partial charge in [-0.25, -0.2) is 0 Å². The molecule has 0 spiro atoms. The molecule has 1 fully saturated rings. The Morgan fingerprint density at radius 3 is 3.17 bits per heavy atom. The summed E-state index contributed by atoms with van der Waals surface area (Å²) in [7, 11) is 2.10. The van der Waals surface area contributed by atoms with Gasteiger partial charge >= 0.3 is 0 Å². The van der Waals surface area contributed by atoms with Crippen molar-refractivity contribution in [3.8, 4) is 0 Å². The zero-order chi connectivity index (χ0) is 13.0. The molecular weight excluding hydrogens is 246 g/mol. The molecule has 0 saturated carbocycles. The number of likely N-dealkylation sites (N-methyl/N-ethyl adjacent to an activating group) is 1. The summed E-state index contributed by atoms with van der Waals surface area (Å²) in [6.45, 7) is 5.72. The Kier molecular flexibility index (Phi) is 4.74. The Morgan fingerprint density at radius 2 is 2.50 bits per heavy atom. The van der Waals surface area contributed by atoms with Gasteiger partial charge in [0.1, 0.15) is 0 Å². The fourth-order valence-electron chi connectivity index (χ4n) is 2.19. The van der Waals surface area contributed by atoms with E-state index in [9.17, 15) is 4.79 Å². The number of carbonyl (C=O) groups is 1. The Balaban J connectivity index is 1.73. The Morgan fingerprint density at radius 1 is 1.67 bits per heavy atom. The topological polar surface area (TPSA) is 44.4 Å².